The fraction of sp³-hybridized carbons (Fsp3) is 0.424. The van der Waals surface area contributed by atoms with Gasteiger partial charge >= 0.3 is 0 Å². The Labute approximate surface area is 253 Å². The average molecular weight is 584 g/mol. The van der Waals surface area contributed by atoms with E-state index in [1.807, 2.05) is 31.3 Å². The van der Waals surface area contributed by atoms with Crippen molar-refractivity contribution in [3.05, 3.63) is 72.9 Å². The van der Waals surface area contributed by atoms with Gasteiger partial charge < -0.3 is 34.5 Å². The van der Waals surface area contributed by atoms with E-state index in [1.165, 1.54) is 6.08 Å². The summed E-state index contributed by atoms with van der Waals surface area (Å²) in [5, 5.41) is 7.55. The first-order valence-electron chi connectivity index (χ1n) is 14.7. The van der Waals surface area contributed by atoms with Gasteiger partial charge in [0.15, 0.2) is 0 Å². The SMILES string of the molecule is C=CC(=O)NC1=CC(Nc2nccc(-c3cn4c5c(cccc35)OC3(CC3)C4)n2)C(OC)C=C1N(C)CC(C)(C)N(C)C. The number of methoxy groups -OCH3 is 1. The fourth-order valence-corrected chi connectivity index (χ4v) is 5.92. The van der Waals surface area contributed by atoms with Crippen molar-refractivity contribution in [2.24, 2.45) is 0 Å². The lowest BCUT2D eigenvalue weighted by atomic mass is 9.98. The third kappa shape index (κ3) is 5.52. The van der Waals surface area contributed by atoms with Gasteiger partial charge in [-0.25, -0.2) is 9.97 Å². The van der Waals surface area contributed by atoms with Crippen LogP contribution in [-0.4, -0.2) is 88.3 Å². The molecular formula is C33H41N7O3. The van der Waals surface area contributed by atoms with Crippen molar-refractivity contribution in [1.29, 1.82) is 0 Å². The largest absolute Gasteiger partial charge is 0.483 e. The third-order valence-corrected chi connectivity index (χ3v) is 8.94. The van der Waals surface area contributed by atoms with Gasteiger partial charge in [-0.1, -0.05) is 18.7 Å². The Balaban J connectivity index is 1.30. The number of anilines is 1. The number of carbonyl (C=O) groups is 1. The summed E-state index contributed by atoms with van der Waals surface area (Å²) in [7, 11) is 7.82. The second-order valence-electron chi connectivity index (χ2n) is 12.6. The summed E-state index contributed by atoms with van der Waals surface area (Å²) >= 11 is 0. The molecule has 0 radical (unpaired) electrons. The molecule has 3 aliphatic rings. The van der Waals surface area contributed by atoms with Crippen molar-refractivity contribution >= 4 is 22.8 Å². The van der Waals surface area contributed by atoms with Crippen molar-refractivity contribution < 1.29 is 14.3 Å². The minimum absolute atomic E-state index is 0.0557. The van der Waals surface area contributed by atoms with Gasteiger partial charge in [-0.3, -0.25) is 4.79 Å². The number of aromatic nitrogens is 3. The molecule has 6 rings (SSSR count). The van der Waals surface area contributed by atoms with Crippen LogP contribution in [0.3, 0.4) is 0 Å². The number of rotatable bonds is 10. The summed E-state index contributed by atoms with van der Waals surface area (Å²) in [5.74, 6) is 1.12. The number of amides is 1. The second kappa shape index (κ2) is 10.8. The Kier molecular flexibility index (Phi) is 7.30. The van der Waals surface area contributed by atoms with Gasteiger partial charge in [0.1, 0.15) is 17.5 Å². The Morgan fingerprint density at radius 1 is 1.26 bits per heavy atom. The average Bonchev–Trinajstić information content (AvgIpc) is 3.61. The van der Waals surface area contributed by atoms with Crippen LogP contribution >= 0.6 is 0 Å². The maximum Gasteiger partial charge on any atom is 0.247 e. The minimum atomic E-state index is -0.336. The summed E-state index contributed by atoms with van der Waals surface area (Å²) in [6, 6.07) is 7.81. The summed E-state index contributed by atoms with van der Waals surface area (Å²) < 4.78 is 14.6. The highest BCUT2D eigenvalue weighted by atomic mass is 16.5. The summed E-state index contributed by atoms with van der Waals surface area (Å²) in [5.41, 5.74) is 4.35. The maximum atomic E-state index is 12.5. The maximum absolute atomic E-state index is 12.5. The summed E-state index contributed by atoms with van der Waals surface area (Å²) in [6.45, 7) is 9.58. The van der Waals surface area contributed by atoms with Gasteiger partial charge in [-0.05, 0) is 71.1 Å². The summed E-state index contributed by atoms with van der Waals surface area (Å²) in [6.07, 6.45) is 11.1. The molecule has 1 fully saturated rings. The van der Waals surface area contributed by atoms with E-state index < -0.39 is 0 Å². The van der Waals surface area contributed by atoms with E-state index in [1.54, 1.807) is 13.3 Å². The van der Waals surface area contributed by atoms with Crippen molar-refractivity contribution in [2.75, 3.05) is 40.1 Å². The lowest BCUT2D eigenvalue weighted by molar-refractivity contribution is -0.115. The molecule has 1 aliphatic heterocycles. The molecule has 1 spiro atoms. The van der Waals surface area contributed by atoms with Crippen LogP contribution in [0.1, 0.15) is 26.7 Å². The molecule has 2 atom stereocenters. The van der Waals surface area contributed by atoms with Crippen molar-refractivity contribution in [2.45, 2.75) is 56.5 Å². The monoisotopic (exact) mass is 583 g/mol. The van der Waals surface area contributed by atoms with Crippen LogP contribution in [0.4, 0.5) is 5.95 Å². The van der Waals surface area contributed by atoms with E-state index in [2.05, 4.69) is 82.8 Å². The van der Waals surface area contributed by atoms with Crippen LogP contribution in [0.2, 0.25) is 0 Å². The van der Waals surface area contributed by atoms with Gasteiger partial charge in [-0.2, -0.15) is 0 Å². The Morgan fingerprint density at radius 2 is 2.05 bits per heavy atom. The molecule has 3 aromatic rings. The first kappa shape index (κ1) is 28.9. The molecule has 10 heteroatoms. The number of nitrogens with one attached hydrogen (secondary N) is 2. The normalized spacial score (nSPS) is 20.3. The summed E-state index contributed by atoms with van der Waals surface area (Å²) in [4.78, 5) is 26.2. The first-order valence-corrected chi connectivity index (χ1v) is 14.7. The zero-order chi connectivity index (χ0) is 30.5. The van der Waals surface area contributed by atoms with Crippen LogP contribution < -0.4 is 15.4 Å². The predicted molar refractivity (Wildman–Crippen MR) is 169 cm³/mol. The molecule has 1 saturated carbocycles. The van der Waals surface area contributed by atoms with Crippen LogP contribution in [0.25, 0.3) is 22.2 Å². The van der Waals surface area contributed by atoms with E-state index in [0.717, 1.165) is 59.5 Å². The smallest absolute Gasteiger partial charge is 0.247 e. The van der Waals surface area contributed by atoms with Gasteiger partial charge in [-0.15, -0.1) is 0 Å². The Hall–Kier alpha value is -4.15. The molecule has 43 heavy (non-hydrogen) atoms. The number of likely N-dealkylation sites (N-methyl/N-ethyl adjacent to an activating group) is 2. The van der Waals surface area contributed by atoms with Crippen molar-refractivity contribution in [3.63, 3.8) is 0 Å². The predicted octanol–water partition coefficient (Wildman–Crippen LogP) is 4.17. The highest BCUT2D eigenvalue weighted by molar-refractivity contribution is 5.99. The molecule has 10 nitrogen and oxygen atoms in total. The van der Waals surface area contributed by atoms with Gasteiger partial charge in [0.05, 0.1) is 35.2 Å². The highest BCUT2D eigenvalue weighted by Gasteiger charge is 2.48. The zero-order valence-electron chi connectivity index (χ0n) is 25.8. The molecule has 0 bridgehead atoms. The van der Waals surface area contributed by atoms with E-state index in [4.69, 9.17) is 14.5 Å². The van der Waals surface area contributed by atoms with E-state index >= 15 is 0 Å². The molecule has 2 aromatic heterocycles. The molecule has 0 saturated heterocycles. The quantitative estimate of drug-likeness (QED) is 0.344. The van der Waals surface area contributed by atoms with Crippen LogP contribution in [0, 0.1) is 0 Å². The molecule has 226 valence electrons. The topological polar surface area (TPSA) is 96.8 Å². The number of hydrogen-bond acceptors (Lipinski definition) is 8. The number of ether oxygens (including phenoxy) is 2. The molecule has 1 amide bonds. The number of hydrogen-bond donors (Lipinski definition) is 2. The first-order chi connectivity index (χ1) is 20.5. The highest BCUT2D eigenvalue weighted by Crippen LogP contribution is 2.49. The minimum Gasteiger partial charge on any atom is -0.483 e. The standard InChI is InChI=1S/C33H41N7O3/c1-8-29(41)35-24-16-25(28(42-7)17-26(24)39(6)19-32(2,3)38(4)5)37-31-34-15-12-23(36-31)22-18-40-20-33(13-14-33)43-27-11-9-10-21(22)30(27)40/h8-12,15-18,25,28H,1,13-14,19-20H2,2-7H3,(H,35,41)(H,34,36,37). The number of carbonyl (C=O) groups excluding carboxylic acids is 1. The molecular weight excluding hydrogens is 542 g/mol. The van der Waals surface area contributed by atoms with Crippen LogP contribution in [0.5, 0.6) is 5.75 Å². The fourth-order valence-electron chi connectivity index (χ4n) is 5.92. The number of benzene rings is 1. The zero-order valence-corrected chi connectivity index (χ0v) is 25.8. The van der Waals surface area contributed by atoms with Gasteiger partial charge in [0.25, 0.3) is 0 Å². The lowest BCUT2D eigenvalue weighted by Gasteiger charge is -2.40. The van der Waals surface area contributed by atoms with Crippen LogP contribution in [0.15, 0.2) is 72.9 Å². The molecule has 3 heterocycles. The van der Waals surface area contributed by atoms with Crippen molar-refractivity contribution in [3.8, 4) is 17.0 Å². The van der Waals surface area contributed by atoms with E-state index in [-0.39, 0.29) is 29.2 Å². The molecule has 1 aromatic carbocycles. The number of nitrogens with zero attached hydrogens (tertiary/aromatic N) is 5. The van der Waals surface area contributed by atoms with E-state index in [0.29, 0.717) is 11.6 Å². The second-order valence-corrected chi connectivity index (χ2v) is 12.6. The van der Waals surface area contributed by atoms with Crippen LogP contribution in [-0.2, 0) is 16.1 Å². The molecule has 2 N–H and O–H groups in total. The van der Waals surface area contributed by atoms with Gasteiger partial charge in [0.2, 0.25) is 11.9 Å². The van der Waals surface area contributed by atoms with E-state index in [9.17, 15) is 4.79 Å². The number of para-hydroxylation sites is 1. The lowest BCUT2D eigenvalue weighted by Crippen LogP contribution is -2.48. The molecule has 2 unspecified atom stereocenters. The Morgan fingerprint density at radius 3 is 2.74 bits per heavy atom. The van der Waals surface area contributed by atoms with Gasteiger partial charge in [0, 0.05) is 49.6 Å². The molecule has 2 aliphatic carbocycles. The Bertz CT molecular complexity index is 1630. The van der Waals surface area contributed by atoms with Crippen molar-refractivity contribution in [1.82, 2.24) is 29.7 Å². The third-order valence-electron chi connectivity index (χ3n) is 8.94.